The molecule has 0 radical (unpaired) electrons. The van der Waals surface area contributed by atoms with Crippen molar-refractivity contribution in [3.63, 3.8) is 0 Å². The lowest BCUT2D eigenvalue weighted by Crippen LogP contribution is -2.41. The minimum Gasteiger partial charge on any atom is -0.349 e. The first kappa shape index (κ1) is 14.0. The van der Waals surface area contributed by atoms with Crippen molar-refractivity contribution in [1.82, 2.24) is 25.2 Å². The molecule has 7 heteroatoms. The zero-order valence-corrected chi connectivity index (χ0v) is 11.5. The van der Waals surface area contributed by atoms with Crippen molar-refractivity contribution in [2.24, 2.45) is 5.73 Å². The molecule has 3 N–H and O–H groups in total. The van der Waals surface area contributed by atoms with E-state index in [2.05, 4.69) is 34.5 Å². The second-order valence-electron chi connectivity index (χ2n) is 5.11. The molecule has 1 aromatic heterocycles. The van der Waals surface area contributed by atoms with Gasteiger partial charge in [0.05, 0.1) is 12.7 Å². The first-order valence-electron chi connectivity index (χ1n) is 6.72. The Bertz CT molecular complexity index is 428. The summed E-state index contributed by atoms with van der Waals surface area (Å²) in [6.45, 7) is 3.79. The lowest BCUT2D eigenvalue weighted by Gasteiger charge is -2.24. The topological polar surface area (TPSA) is 89.1 Å². The van der Waals surface area contributed by atoms with Crippen LogP contribution in [0.15, 0.2) is 6.20 Å². The Kier molecular flexibility index (Phi) is 4.49. The molecule has 106 valence electrons. The standard InChI is InChI=1S/C12H22N6O/c1-9(17(2)10-3-4-10)7-14-12(19)11-8-18(6-5-13)16-15-11/h8-10H,3-7,13H2,1-2H3,(H,14,19). The van der Waals surface area contributed by atoms with E-state index in [9.17, 15) is 4.79 Å². The van der Waals surface area contributed by atoms with Crippen molar-refractivity contribution >= 4 is 5.91 Å². The molecule has 1 aliphatic carbocycles. The Morgan fingerprint density at radius 2 is 2.42 bits per heavy atom. The SMILES string of the molecule is CC(CNC(=O)c1cn(CCN)nn1)N(C)C1CC1. The van der Waals surface area contributed by atoms with Crippen LogP contribution in [0, 0.1) is 0 Å². The zero-order chi connectivity index (χ0) is 13.8. The molecule has 1 saturated carbocycles. The maximum Gasteiger partial charge on any atom is 0.273 e. The molecule has 1 amide bonds. The predicted octanol–water partition coefficient (Wildman–Crippen LogP) is -0.551. The average molecular weight is 266 g/mol. The van der Waals surface area contributed by atoms with Gasteiger partial charge in [-0.3, -0.25) is 14.4 Å². The fourth-order valence-electron chi connectivity index (χ4n) is 1.96. The van der Waals surface area contributed by atoms with Crippen LogP contribution in [0.2, 0.25) is 0 Å². The Morgan fingerprint density at radius 3 is 3.05 bits per heavy atom. The van der Waals surface area contributed by atoms with Gasteiger partial charge in [-0.25, -0.2) is 0 Å². The van der Waals surface area contributed by atoms with Gasteiger partial charge in [-0.2, -0.15) is 0 Å². The number of carbonyl (C=O) groups excluding carboxylic acids is 1. The van der Waals surface area contributed by atoms with Crippen molar-refractivity contribution in [1.29, 1.82) is 0 Å². The largest absolute Gasteiger partial charge is 0.349 e. The van der Waals surface area contributed by atoms with Crippen LogP contribution in [0.5, 0.6) is 0 Å². The van der Waals surface area contributed by atoms with Gasteiger partial charge in [0.1, 0.15) is 0 Å². The molecule has 19 heavy (non-hydrogen) atoms. The van der Waals surface area contributed by atoms with Gasteiger partial charge in [-0.1, -0.05) is 5.21 Å². The van der Waals surface area contributed by atoms with E-state index in [1.807, 2.05) is 0 Å². The predicted molar refractivity (Wildman–Crippen MR) is 71.7 cm³/mol. The van der Waals surface area contributed by atoms with Gasteiger partial charge < -0.3 is 11.1 Å². The van der Waals surface area contributed by atoms with Gasteiger partial charge in [-0.15, -0.1) is 5.10 Å². The van der Waals surface area contributed by atoms with E-state index in [0.29, 0.717) is 37.4 Å². The third kappa shape index (κ3) is 3.74. The van der Waals surface area contributed by atoms with Gasteiger partial charge in [-0.05, 0) is 26.8 Å². The number of rotatable bonds is 7. The number of hydrogen-bond donors (Lipinski definition) is 2. The normalized spacial score (nSPS) is 16.6. The van der Waals surface area contributed by atoms with Gasteiger partial charge in [0.25, 0.3) is 5.91 Å². The second kappa shape index (κ2) is 6.12. The van der Waals surface area contributed by atoms with Crippen LogP contribution in [0.25, 0.3) is 0 Å². The number of aromatic nitrogens is 3. The van der Waals surface area contributed by atoms with Crippen molar-refractivity contribution in [3.8, 4) is 0 Å². The number of hydrogen-bond acceptors (Lipinski definition) is 5. The Labute approximate surface area is 113 Å². The highest BCUT2D eigenvalue weighted by atomic mass is 16.2. The molecular weight excluding hydrogens is 244 g/mol. The number of amides is 1. The Hall–Kier alpha value is -1.47. The van der Waals surface area contributed by atoms with Crippen LogP contribution in [0.1, 0.15) is 30.3 Å². The third-order valence-corrected chi connectivity index (χ3v) is 3.51. The minimum atomic E-state index is -0.181. The molecular formula is C12H22N6O. The van der Waals surface area contributed by atoms with Crippen LogP contribution in [-0.2, 0) is 6.54 Å². The monoisotopic (exact) mass is 266 g/mol. The number of carbonyl (C=O) groups is 1. The summed E-state index contributed by atoms with van der Waals surface area (Å²) in [5.41, 5.74) is 5.76. The van der Waals surface area contributed by atoms with E-state index in [4.69, 9.17) is 5.73 Å². The third-order valence-electron chi connectivity index (χ3n) is 3.51. The molecule has 1 aliphatic rings. The lowest BCUT2D eigenvalue weighted by atomic mass is 10.3. The first-order chi connectivity index (χ1) is 9.11. The quantitative estimate of drug-likeness (QED) is 0.691. The molecule has 1 fully saturated rings. The number of nitrogens with one attached hydrogen (secondary N) is 1. The molecule has 2 rings (SSSR count). The molecule has 7 nitrogen and oxygen atoms in total. The molecule has 0 aliphatic heterocycles. The van der Waals surface area contributed by atoms with Crippen molar-refractivity contribution in [2.75, 3.05) is 20.1 Å². The molecule has 0 spiro atoms. The fourth-order valence-corrected chi connectivity index (χ4v) is 1.96. The van der Waals surface area contributed by atoms with Gasteiger partial charge in [0, 0.05) is 25.2 Å². The first-order valence-corrected chi connectivity index (χ1v) is 6.72. The summed E-state index contributed by atoms with van der Waals surface area (Å²) in [5, 5.41) is 10.6. The fraction of sp³-hybridized carbons (Fsp3) is 0.750. The zero-order valence-electron chi connectivity index (χ0n) is 11.5. The molecule has 1 unspecified atom stereocenters. The highest BCUT2D eigenvalue weighted by Crippen LogP contribution is 2.26. The van der Waals surface area contributed by atoms with E-state index in [1.165, 1.54) is 12.8 Å². The number of nitrogens with two attached hydrogens (primary N) is 1. The average Bonchev–Trinajstić information content (AvgIpc) is 3.15. The van der Waals surface area contributed by atoms with E-state index in [0.717, 1.165) is 0 Å². The van der Waals surface area contributed by atoms with Crippen LogP contribution in [0.4, 0.5) is 0 Å². The van der Waals surface area contributed by atoms with Crippen molar-refractivity contribution in [3.05, 3.63) is 11.9 Å². The second-order valence-corrected chi connectivity index (χ2v) is 5.11. The van der Waals surface area contributed by atoms with E-state index in [-0.39, 0.29) is 5.91 Å². The van der Waals surface area contributed by atoms with E-state index in [1.54, 1.807) is 10.9 Å². The smallest absolute Gasteiger partial charge is 0.273 e. The number of likely N-dealkylation sites (N-methyl/N-ethyl adjacent to an activating group) is 1. The lowest BCUT2D eigenvalue weighted by molar-refractivity contribution is 0.0934. The summed E-state index contributed by atoms with van der Waals surface area (Å²) in [4.78, 5) is 14.2. The summed E-state index contributed by atoms with van der Waals surface area (Å²) < 4.78 is 1.58. The van der Waals surface area contributed by atoms with Crippen LogP contribution in [-0.4, -0.2) is 58.0 Å². The highest BCUT2D eigenvalue weighted by molar-refractivity contribution is 5.91. The molecule has 1 heterocycles. The summed E-state index contributed by atoms with van der Waals surface area (Å²) in [6.07, 6.45) is 4.15. The minimum absolute atomic E-state index is 0.181. The maximum atomic E-state index is 11.9. The summed E-state index contributed by atoms with van der Waals surface area (Å²) in [6, 6.07) is 1.02. The summed E-state index contributed by atoms with van der Waals surface area (Å²) in [7, 11) is 2.10. The van der Waals surface area contributed by atoms with E-state index < -0.39 is 0 Å². The highest BCUT2D eigenvalue weighted by Gasteiger charge is 2.29. The molecule has 0 saturated heterocycles. The molecule has 1 atom stereocenters. The summed E-state index contributed by atoms with van der Waals surface area (Å²) in [5.74, 6) is -0.181. The van der Waals surface area contributed by atoms with Crippen LogP contribution >= 0.6 is 0 Å². The molecule has 0 aromatic carbocycles. The van der Waals surface area contributed by atoms with E-state index >= 15 is 0 Å². The number of nitrogens with zero attached hydrogens (tertiary/aromatic N) is 4. The Morgan fingerprint density at radius 1 is 1.68 bits per heavy atom. The van der Waals surface area contributed by atoms with Gasteiger partial charge >= 0.3 is 0 Å². The Balaban J connectivity index is 1.79. The van der Waals surface area contributed by atoms with Crippen LogP contribution < -0.4 is 11.1 Å². The maximum absolute atomic E-state index is 11.9. The van der Waals surface area contributed by atoms with Crippen LogP contribution in [0.3, 0.4) is 0 Å². The van der Waals surface area contributed by atoms with Gasteiger partial charge in [0.15, 0.2) is 5.69 Å². The summed E-state index contributed by atoms with van der Waals surface area (Å²) >= 11 is 0. The van der Waals surface area contributed by atoms with Gasteiger partial charge in [0.2, 0.25) is 0 Å². The van der Waals surface area contributed by atoms with Crippen molar-refractivity contribution in [2.45, 2.75) is 38.4 Å². The molecule has 0 bridgehead atoms. The van der Waals surface area contributed by atoms with Crippen molar-refractivity contribution < 1.29 is 4.79 Å². The molecule has 1 aromatic rings.